The highest BCUT2D eigenvalue weighted by atomic mass is 19.1. The highest BCUT2D eigenvalue weighted by Gasteiger charge is 2.39. The second-order valence-electron chi connectivity index (χ2n) is 5.16. The van der Waals surface area contributed by atoms with Crippen molar-refractivity contribution in [3.05, 3.63) is 36.1 Å². The van der Waals surface area contributed by atoms with Crippen molar-refractivity contribution < 1.29 is 14.7 Å². The van der Waals surface area contributed by atoms with Crippen LogP contribution in [0.5, 0.6) is 0 Å². The van der Waals surface area contributed by atoms with E-state index in [0.29, 0.717) is 17.8 Å². The smallest absolute Gasteiger partial charge is 0.229 e. The summed E-state index contributed by atoms with van der Waals surface area (Å²) in [5.74, 6) is -0.853. The number of hydrogen-bond donors (Lipinski definition) is 2. The molecule has 1 fully saturated rings. The van der Waals surface area contributed by atoms with Gasteiger partial charge in [-0.2, -0.15) is 0 Å². The Balaban J connectivity index is 0. The average molecular weight is 300 g/mol. The van der Waals surface area contributed by atoms with Crippen LogP contribution in [0.25, 0.3) is 0 Å². The second-order valence-corrected chi connectivity index (χ2v) is 5.16. The lowest BCUT2D eigenvalue weighted by Gasteiger charge is -2.24. The molecule has 0 spiro atoms. The number of carbonyl (C=O) groups is 1. The zero-order valence-electron chi connectivity index (χ0n) is 13.7. The molecule has 1 aliphatic heterocycles. The third kappa shape index (κ3) is 5.01. The molecule has 122 valence electrons. The molecular formula is C16H29FN2O2. The number of amides is 1. The molecule has 0 unspecified atom stereocenters. The van der Waals surface area contributed by atoms with Gasteiger partial charge in [0.05, 0.1) is 5.92 Å². The van der Waals surface area contributed by atoms with Crippen molar-refractivity contribution in [2.45, 2.75) is 40.3 Å². The number of carbonyl (C=O) groups excluding carboxylic acids is 1. The number of nitrogens with one attached hydrogen (secondary N) is 1. The number of rotatable bonds is 4. The molecular weight excluding hydrogens is 271 g/mol. The van der Waals surface area contributed by atoms with E-state index >= 15 is 0 Å². The maximum atomic E-state index is 14.0. The molecule has 0 aromatic carbocycles. The summed E-state index contributed by atoms with van der Waals surface area (Å²) in [6, 6.07) is 0. The molecule has 0 bridgehead atoms. The molecule has 5 N–H and O–H groups in total. The molecule has 1 saturated heterocycles. The van der Waals surface area contributed by atoms with Crippen LogP contribution in [-0.2, 0) is 4.79 Å². The van der Waals surface area contributed by atoms with Crippen molar-refractivity contribution in [2.24, 2.45) is 17.6 Å². The molecule has 1 heterocycles. The van der Waals surface area contributed by atoms with Gasteiger partial charge in [0.1, 0.15) is 5.67 Å². The van der Waals surface area contributed by atoms with E-state index in [1.165, 1.54) is 13.8 Å². The number of hydrogen-bond acceptors (Lipinski definition) is 2. The fourth-order valence-electron chi connectivity index (χ4n) is 2.26. The van der Waals surface area contributed by atoms with Gasteiger partial charge in [0.2, 0.25) is 5.91 Å². The number of nitrogens with two attached hydrogens (primary N) is 1. The van der Waals surface area contributed by atoms with Crippen LogP contribution < -0.4 is 11.1 Å². The summed E-state index contributed by atoms with van der Waals surface area (Å²) in [4.78, 5) is 11.7. The first-order valence-corrected chi connectivity index (χ1v) is 6.94. The zero-order valence-corrected chi connectivity index (χ0v) is 13.7. The van der Waals surface area contributed by atoms with E-state index in [9.17, 15) is 9.18 Å². The largest absolute Gasteiger partial charge is 0.412 e. The lowest BCUT2D eigenvalue weighted by molar-refractivity contribution is -0.121. The molecule has 0 saturated carbocycles. The highest BCUT2D eigenvalue weighted by molar-refractivity contribution is 5.84. The minimum atomic E-state index is -1.45. The lowest BCUT2D eigenvalue weighted by atomic mass is 9.81. The van der Waals surface area contributed by atoms with E-state index in [0.717, 1.165) is 5.57 Å². The summed E-state index contributed by atoms with van der Waals surface area (Å²) in [6.07, 6.45) is 1.61. The summed E-state index contributed by atoms with van der Waals surface area (Å²) in [5.41, 5.74) is 5.84. The topological polar surface area (TPSA) is 86.6 Å². The maximum absolute atomic E-state index is 14.0. The normalized spacial score (nSPS) is 22.1. The van der Waals surface area contributed by atoms with Crippen molar-refractivity contribution in [2.75, 3.05) is 6.54 Å². The summed E-state index contributed by atoms with van der Waals surface area (Å²) in [6.45, 7) is 16.5. The van der Waals surface area contributed by atoms with Crippen LogP contribution >= 0.6 is 0 Å². The Morgan fingerprint density at radius 3 is 2.29 bits per heavy atom. The average Bonchev–Trinajstić information content (AvgIpc) is 2.73. The first kappa shape index (κ1) is 21.7. The first-order chi connectivity index (χ1) is 9.20. The Hall–Kier alpha value is -1.62. The molecule has 5 heteroatoms. The SMILES string of the molecule is C=C/C(=C(\C)C(C)(C)F)[C@H]1CNC(=O)[C@@H]1C(=C)N.CC.O. The molecule has 21 heavy (non-hydrogen) atoms. The molecule has 0 aliphatic carbocycles. The van der Waals surface area contributed by atoms with Crippen molar-refractivity contribution >= 4 is 5.91 Å². The van der Waals surface area contributed by atoms with Crippen molar-refractivity contribution in [1.29, 1.82) is 0 Å². The van der Waals surface area contributed by atoms with E-state index < -0.39 is 11.6 Å². The van der Waals surface area contributed by atoms with Crippen LogP contribution in [0.4, 0.5) is 4.39 Å². The van der Waals surface area contributed by atoms with Gasteiger partial charge in [0, 0.05) is 18.2 Å². The van der Waals surface area contributed by atoms with Gasteiger partial charge in [-0.1, -0.05) is 33.1 Å². The molecule has 1 aliphatic rings. The monoisotopic (exact) mass is 300 g/mol. The fraction of sp³-hybridized carbons (Fsp3) is 0.562. The Kier molecular flexibility index (Phi) is 8.90. The fourth-order valence-corrected chi connectivity index (χ4v) is 2.26. The van der Waals surface area contributed by atoms with Gasteiger partial charge < -0.3 is 16.5 Å². The van der Waals surface area contributed by atoms with Crippen molar-refractivity contribution in [3.63, 3.8) is 0 Å². The Bertz CT molecular complexity index is 422. The summed E-state index contributed by atoms with van der Waals surface area (Å²) >= 11 is 0. The summed E-state index contributed by atoms with van der Waals surface area (Å²) in [7, 11) is 0. The van der Waals surface area contributed by atoms with E-state index in [1.54, 1.807) is 13.0 Å². The predicted molar refractivity (Wildman–Crippen MR) is 86.4 cm³/mol. The van der Waals surface area contributed by atoms with Crippen LogP contribution in [0.1, 0.15) is 34.6 Å². The van der Waals surface area contributed by atoms with Gasteiger partial charge in [-0.15, -0.1) is 0 Å². The first-order valence-electron chi connectivity index (χ1n) is 6.94. The standard InChI is InChI=1S/C14H21FN2O.C2H6.H2O/c1-6-10(8(2)14(4,5)15)11-7-17-13(18)12(11)9(3)16;1-2;/h6,11-12H,1,3,7,16H2,2,4-5H3,(H,17,18);1-2H3;1H2/b10-8-;;/t11-,12-;;/m1../s1. The van der Waals surface area contributed by atoms with Gasteiger partial charge in [0.15, 0.2) is 0 Å². The predicted octanol–water partition coefficient (Wildman–Crippen LogP) is 2.27. The maximum Gasteiger partial charge on any atom is 0.229 e. The number of alkyl halides is 1. The quantitative estimate of drug-likeness (QED) is 0.780. The van der Waals surface area contributed by atoms with Crippen LogP contribution in [0.2, 0.25) is 0 Å². The van der Waals surface area contributed by atoms with E-state index in [1.807, 2.05) is 13.8 Å². The van der Waals surface area contributed by atoms with E-state index in [-0.39, 0.29) is 17.3 Å². The van der Waals surface area contributed by atoms with Crippen LogP contribution in [0.3, 0.4) is 0 Å². The number of halogens is 1. The highest BCUT2D eigenvalue weighted by Crippen LogP contribution is 2.35. The zero-order chi connectivity index (χ0) is 16.1. The molecule has 1 amide bonds. The van der Waals surface area contributed by atoms with Gasteiger partial charge in [-0.3, -0.25) is 4.79 Å². The van der Waals surface area contributed by atoms with Gasteiger partial charge in [-0.05, 0) is 31.9 Å². The lowest BCUT2D eigenvalue weighted by Crippen LogP contribution is -2.27. The molecule has 2 atom stereocenters. The van der Waals surface area contributed by atoms with Gasteiger partial charge in [0.25, 0.3) is 0 Å². The molecule has 0 aromatic rings. The molecule has 0 aromatic heterocycles. The minimum absolute atomic E-state index is 0. The Labute approximate surface area is 127 Å². The van der Waals surface area contributed by atoms with Crippen molar-refractivity contribution in [1.82, 2.24) is 5.32 Å². The summed E-state index contributed by atoms with van der Waals surface area (Å²) < 4.78 is 14.0. The van der Waals surface area contributed by atoms with Crippen LogP contribution in [-0.4, -0.2) is 23.6 Å². The van der Waals surface area contributed by atoms with E-state index in [4.69, 9.17) is 5.73 Å². The third-order valence-electron chi connectivity index (χ3n) is 3.52. The molecule has 1 rings (SSSR count). The second kappa shape index (κ2) is 8.62. The van der Waals surface area contributed by atoms with Crippen LogP contribution in [0.15, 0.2) is 36.1 Å². The van der Waals surface area contributed by atoms with Crippen LogP contribution in [0, 0.1) is 11.8 Å². The van der Waals surface area contributed by atoms with Gasteiger partial charge >= 0.3 is 0 Å². The Morgan fingerprint density at radius 1 is 1.48 bits per heavy atom. The molecule has 0 radical (unpaired) electrons. The van der Waals surface area contributed by atoms with Gasteiger partial charge in [-0.25, -0.2) is 4.39 Å². The molecule has 4 nitrogen and oxygen atoms in total. The Morgan fingerprint density at radius 2 is 1.95 bits per heavy atom. The summed E-state index contributed by atoms with van der Waals surface area (Å²) in [5, 5.41) is 2.74. The third-order valence-corrected chi connectivity index (χ3v) is 3.52. The number of allylic oxidation sites excluding steroid dienone is 2. The minimum Gasteiger partial charge on any atom is -0.412 e. The van der Waals surface area contributed by atoms with Crippen molar-refractivity contribution in [3.8, 4) is 0 Å². The van der Waals surface area contributed by atoms with E-state index in [2.05, 4.69) is 18.5 Å².